The number of hydrogen-bond acceptors (Lipinski definition) is 8. The molecular formula is C16H18N6O2S. The largest absolute Gasteiger partial charge is 0.402 e. The Labute approximate surface area is 148 Å². The summed E-state index contributed by atoms with van der Waals surface area (Å²) in [6.07, 6.45) is 3.46. The first-order valence-electron chi connectivity index (χ1n) is 7.66. The molecule has 3 rings (SSSR count). The quantitative estimate of drug-likeness (QED) is 0.722. The van der Waals surface area contributed by atoms with Gasteiger partial charge in [-0.1, -0.05) is 5.10 Å². The Kier molecular flexibility index (Phi) is 5.15. The molecule has 0 aromatic carbocycles. The van der Waals surface area contributed by atoms with Crippen LogP contribution in [-0.4, -0.2) is 44.6 Å². The number of likely N-dealkylation sites (N-methyl/N-ethyl adjacent to an activating group) is 1. The maximum atomic E-state index is 12.1. The number of nitrogens with zero attached hydrogens (tertiary/aromatic N) is 5. The Morgan fingerprint density at radius 3 is 2.72 bits per heavy atom. The van der Waals surface area contributed by atoms with Crippen LogP contribution in [0, 0.1) is 13.8 Å². The first-order chi connectivity index (χ1) is 12.0. The van der Waals surface area contributed by atoms with Crippen molar-refractivity contribution in [3.63, 3.8) is 0 Å². The lowest BCUT2D eigenvalue weighted by atomic mass is 10.2. The van der Waals surface area contributed by atoms with Gasteiger partial charge in [0.1, 0.15) is 4.88 Å². The van der Waals surface area contributed by atoms with Gasteiger partial charge in [0, 0.05) is 18.9 Å². The fraction of sp³-hybridized carbons (Fsp3) is 0.312. The first-order valence-corrected chi connectivity index (χ1v) is 8.48. The van der Waals surface area contributed by atoms with Gasteiger partial charge in [-0.2, -0.15) is 0 Å². The van der Waals surface area contributed by atoms with Gasteiger partial charge in [0.15, 0.2) is 0 Å². The first kappa shape index (κ1) is 17.2. The maximum Gasteiger partial charge on any atom is 0.322 e. The highest BCUT2D eigenvalue weighted by molar-refractivity contribution is 7.15. The number of rotatable bonds is 6. The van der Waals surface area contributed by atoms with Crippen LogP contribution in [0.3, 0.4) is 0 Å². The third-order valence-electron chi connectivity index (χ3n) is 3.38. The SMILES string of the molecule is Cc1nc(C)c(-c2nnc(NC(=O)CN(C)Cc3ccncc3)o2)s1. The van der Waals surface area contributed by atoms with Gasteiger partial charge < -0.3 is 4.42 Å². The van der Waals surface area contributed by atoms with Crippen LogP contribution in [0.5, 0.6) is 0 Å². The molecule has 3 aromatic rings. The third-order valence-corrected chi connectivity index (χ3v) is 4.45. The molecule has 130 valence electrons. The number of carbonyl (C=O) groups excluding carboxylic acids is 1. The highest BCUT2D eigenvalue weighted by atomic mass is 32.1. The predicted octanol–water partition coefficient (Wildman–Crippen LogP) is 2.28. The Morgan fingerprint density at radius 2 is 2.04 bits per heavy atom. The predicted molar refractivity (Wildman–Crippen MR) is 94.1 cm³/mol. The standard InChI is InChI=1S/C16H18N6O2S/c1-10-14(25-11(2)18-10)15-20-21-16(24-15)19-13(23)9-22(3)8-12-4-6-17-7-5-12/h4-7H,8-9H2,1-3H3,(H,19,21,23). The van der Waals surface area contributed by atoms with Crippen LogP contribution >= 0.6 is 11.3 Å². The minimum absolute atomic E-state index is 0.0859. The van der Waals surface area contributed by atoms with Crippen LogP contribution in [0.2, 0.25) is 0 Å². The molecule has 0 saturated heterocycles. The second-order valence-corrected chi connectivity index (χ2v) is 6.84. The zero-order valence-electron chi connectivity index (χ0n) is 14.2. The van der Waals surface area contributed by atoms with Crippen molar-refractivity contribution in [3.8, 4) is 10.8 Å². The van der Waals surface area contributed by atoms with Crippen molar-refractivity contribution < 1.29 is 9.21 Å². The van der Waals surface area contributed by atoms with Gasteiger partial charge in [-0.15, -0.1) is 16.4 Å². The molecule has 0 saturated carbocycles. The van der Waals surface area contributed by atoms with Gasteiger partial charge in [-0.3, -0.25) is 20.0 Å². The van der Waals surface area contributed by atoms with Crippen LogP contribution in [-0.2, 0) is 11.3 Å². The van der Waals surface area contributed by atoms with Crippen LogP contribution < -0.4 is 5.32 Å². The van der Waals surface area contributed by atoms with Crippen molar-refractivity contribution in [2.45, 2.75) is 20.4 Å². The second kappa shape index (κ2) is 7.49. The molecule has 0 fully saturated rings. The molecule has 8 nitrogen and oxygen atoms in total. The second-order valence-electron chi connectivity index (χ2n) is 5.64. The van der Waals surface area contributed by atoms with Gasteiger partial charge in [0.05, 0.1) is 17.2 Å². The van der Waals surface area contributed by atoms with E-state index in [9.17, 15) is 4.79 Å². The summed E-state index contributed by atoms with van der Waals surface area (Å²) in [4.78, 5) is 23.1. The van der Waals surface area contributed by atoms with Gasteiger partial charge in [-0.05, 0) is 38.6 Å². The molecule has 3 heterocycles. The van der Waals surface area contributed by atoms with Gasteiger partial charge >= 0.3 is 6.01 Å². The average molecular weight is 358 g/mol. The molecule has 0 bridgehead atoms. The van der Waals surface area contributed by atoms with Crippen molar-refractivity contribution in [3.05, 3.63) is 40.8 Å². The lowest BCUT2D eigenvalue weighted by Gasteiger charge is -2.15. The van der Waals surface area contributed by atoms with Gasteiger partial charge in [0.25, 0.3) is 5.89 Å². The molecule has 0 unspecified atom stereocenters. The number of aryl methyl sites for hydroxylation is 2. The number of anilines is 1. The topological polar surface area (TPSA) is 97.0 Å². The molecule has 1 amide bonds. The molecule has 0 aliphatic heterocycles. The summed E-state index contributed by atoms with van der Waals surface area (Å²) in [5.74, 6) is 0.146. The molecular weight excluding hydrogens is 340 g/mol. The van der Waals surface area contributed by atoms with E-state index in [4.69, 9.17) is 4.42 Å². The van der Waals surface area contributed by atoms with E-state index in [-0.39, 0.29) is 18.5 Å². The number of thiazole rings is 1. The van der Waals surface area contributed by atoms with Crippen molar-refractivity contribution in [2.24, 2.45) is 0 Å². The summed E-state index contributed by atoms with van der Waals surface area (Å²) in [7, 11) is 1.86. The van der Waals surface area contributed by atoms with Crippen LogP contribution in [0.25, 0.3) is 10.8 Å². The minimum Gasteiger partial charge on any atom is -0.402 e. The molecule has 0 aliphatic rings. The summed E-state index contributed by atoms with van der Waals surface area (Å²) >= 11 is 1.48. The van der Waals surface area contributed by atoms with E-state index < -0.39 is 0 Å². The summed E-state index contributed by atoms with van der Waals surface area (Å²) in [5, 5.41) is 11.4. The molecule has 9 heteroatoms. The van der Waals surface area contributed by atoms with Gasteiger partial charge in [-0.25, -0.2) is 4.98 Å². The summed E-state index contributed by atoms with van der Waals surface area (Å²) in [6, 6.07) is 3.92. The fourth-order valence-corrected chi connectivity index (χ4v) is 3.20. The molecule has 25 heavy (non-hydrogen) atoms. The number of aromatic nitrogens is 4. The van der Waals surface area contributed by atoms with E-state index in [2.05, 4.69) is 25.5 Å². The number of pyridine rings is 1. The molecule has 0 aliphatic carbocycles. The highest BCUT2D eigenvalue weighted by Gasteiger charge is 2.16. The minimum atomic E-state index is -0.219. The van der Waals surface area contributed by atoms with Crippen molar-refractivity contribution in [1.29, 1.82) is 0 Å². The van der Waals surface area contributed by atoms with E-state index in [1.807, 2.05) is 37.9 Å². The zero-order valence-corrected chi connectivity index (χ0v) is 15.0. The van der Waals surface area contributed by atoms with E-state index >= 15 is 0 Å². The Morgan fingerprint density at radius 1 is 1.28 bits per heavy atom. The Bertz CT molecular complexity index is 861. The Balaban J connectivity index is 1.57. The van der Waals surface area contributed by atoms with Crippen molar-refractivity contribution in [1.82, 2.24) is 25.1 Å². The summed E-state index contributed by atoms with van der Waals surface area (Å²) < 4.78 is 5.52. The van der Waals surface area contributed by atoms with Gasteiger partial charge in [0.2, 0.25) is 5.91 Å². The smallest absolute Gasteiger partial charge is 0.322 e. The number of hydrogen-bond donors (Lipinski definition) is 1. The van der Waals surface area contributed by atoms with E-state index in [1.165, 1.54) is 11.3 Å². The normalized spacial score (nSPS) is 11.0. The van der Waals surface area contributed by atoms with Crippen LogP contribution in [0.4, 0.5) is 6.01 Å². The lowest BCUT2D eigenvalue weighted by Crippen LogP contribution is -2.29. The zero-order chi connectivity index (χ0) is 17.8. The molecule has 0 spiro atoms. The molecule has 3 aromatic heterocycles. The van der Waals surface area contributed by atoms with E-state index in [0.29, 0.717) is 12.4 Å². The average Bonchev–Trinajstić information content (AvgIpc) is 3.14. The third kappa shape index (κ3) is 4.46. The monoisotopic (exact) mass is 358 g/mol. The fourth-order valence-electron chi connectivity index (χ4n) is 2.35. The molecule has 0 atom stereocenters. The van der Waals surface area contributed by atoms with Crippen LogP contribution in [0.1, 0.15) is 16.3 Å². The molecule has 0 radical (unpaired) electrons. The highest BCUT2D eigenvalue weighted by Crippen LogP contribution is 2.29. The lowest BCUT2D eigenvalue weighted by molar-refractivity contribution is -0.117. The van der Waals surface area contributed by atoms with Crippen LogP contribution in [0.15, 0.2) is 28.9 Å². The maximum absolute atomic E-state index is 12.1. The number of carbonyl (C=O) groups is 1. The van der Waals surface area contributed by atoms with Crippen molar-refractivity contribution in [2.75, 3.05) is 18.9 Å². The van der Waals surface area contributed by atoms with E-state index in [0.717, 1.165) is 21.1 Å². The number of amides is 1. The number of nitrogens with one attached hydrogen (secondary N) is 1. The Hall–Kier alpha value is -2.65. The van der Waals surface area contributed by atoms with E-state index in [1.54, 1.807) is 12.4 Å². The summed E-state index contributed by atoms with van der Waals surface area (Å²) in [6.45, 7) is 4.65. The molecule has 1 N–H and O–H groups in total. The summed E-state index contributed by atoms with van der Waals surface area (Å²) in [5.41, 5.74) is 1.92. The van der Waals surface area contributed by atoms with Crippen molar-refractivity contribution >= 4 is 23.3 Å².